The number of benzene rings is 1. The Bertz CT molecular complexity index is 1150. The van der Waals surface area contributed by atoms with Gasteiger partial charge in [0, 0.05) is 11.4 Å². The van der Waals surface area contributed by atoms with Crippen LogP contribution < -0.4 is 10.9 Å². The molecule has 0 spiro atoms. The van der Waals surface area contributed by atoms with Gasteiger partial charge in [0.15, 0.2) is 5.65 Å². The molecule has 0 unspecified atom stereocenters. The lowest BCUT2D eigenvalue weighted by molar-refractivity contribution is -0.119. The number of hydrogen-bond donors (Lipinski definition) is 1. The smallest absolute Gasteiger partial charge is 0.263 e. The molecule has 1 aliphatic carbocycles. The Hall–Kier alpha value is -3.02. The second-order valence-electron chi connectivity index (χ2n) is 7.79. The van der Waals surface area contributed by atoms with Crippen LogP contribution in [0.5, 0.6) is 0 Å². The van der Waals surface area contributed by atoms with Crippen molar-refractivity contribution in [2.75, 3.05) is 5.32 Å². The number of amides is 1. The van der Waals surface area contributed by atoms with Crippen LogP contribution in [0.25, 0.3) is 11.0 Å². The van der Waals surface area contributed by atoms with Crippen LogP contribution in [0, 0.1) is 13.8 Å². The summed E-state index contributed by atoms with van der Waals surface area (Å²) in [7, 11) is 0. The summed E-state index contributed by atoms with van der Waals surface area (Å²) in [5.74, 6) is -0.213. The first-order chi connectivity index (χ1) is 14.0. The number of hydrogen-bond acceptors (Lipinski definition) is 4. The highest BCUT2D eigenvalue weighted by atomic mass is 16.2. The molecule has 1 amide bonds. The van der Waals surface area contributed by atoms with Gasteiger partial charge >= 0.3 is 0 Å². The lowest BCUT2D eigenvalue weighted by Crippen LogP contribution is -2.33. The molecule has 6 heteroatoms. The van der Waals surface area contributed by atoms with Gasteiger partial charge in [-0.25, -0.2) is 9.97 Å². The van der Waals surface area contributed by atoms with Crippen LogP contribution in [0.2, 0.25) is 0 Å². The van der Waals surface area contributed by atoms with Crippen LogP contribution in [0.15, 0.2) is 35.4 Å². The van der Waals surface area contributed by atoms with E-state index in [4.69, 9.17) is 0 Å². The molecule has 2 aromatic heterocycles. The predicted molar refractivity (Wildman–Crippen MR) is 114 cm³/mol. The lowest BCUT2D eigenvalue weighted by atomic mass is 9.95. The molecule has 1 N–H and O–H groups in total. The third-order valence-corrected chi connectivity index (χ3v) is 5.94. The lowest BCUT2D eigenvalue weighted by Gasteiger charge is -2.20. The maximum absolute atomic E-state index is 13.2. The number of carbonyl (C=O) groups excluding carboxylic acids is 1. The number of aryl methyl sites for hydroxylation is 3. The van der Waals surface area contributed by atoms with Crippen LogP contribution in [0.3, 0.4) is 0 Å². The van der Waals surface area contributed by atoms with Gasteiger partial charge in [0.05, 0.1) is 5.39 Å². The number of aromatic nitrogens is 3. The quantitative estimate of drug-likeness (QED) is 0.733. The molecule has 1 aromatic carbocycles. The number of carbonyl (C=O) groups is 1. The largest absolute Gasteiger partial charge is 0.324 e. The summed E-state index contributed by atoms with van der Waals surface area (Å²) < 4.78 is 1.44. The van der Waals surface area contributed by atoms with Gasteiger partial charge in [-0.1, -0.05) is 19.1 Å². The number of pyridine rings is 1. The Balaban J connectivity index is 1.71. The fourth-order valence-electron chi connectivity index (χ4n) is 4.02. The molecular weight excluding hydrogens is 364 g/mol. The Labute approximate surface area is 170 Å². The SMILES string of the molecule is CC[C@@H](C(=O)Nc1cccc(C)c1C)n1cnc2nc3c(cc2c1=O)CCCC3. The molecule has 3 aromatic rings. The van der Waals surface area contributed by atoms with E-state index in [1.165, 1.54) is 10.9 Å². The molecule has 1 atom stereocenters. The van der Waals surface area contributed by atoms with E-state index in [9.17, 15) is 9.59 Å². The summed E-state index contributed by atoms with van der Waals surface area (Å²) in [6.45, 7) is 5.88. The van der Waals surface area contributed by atoms with E-state index in [0.29, 0.717) is 17.5 Å². The summed E-state index contributed by atoms with van der Waals surface area (Å²) in [6, 6.07) is 7.10. The van der Waals surface area contributed by atoms with Crippen LogP contribution in [0.4, 0.5) is 5.69 Å². The van der Waals surface area contributed by atoms with Gasteiger partial charge < -0.3 is 5.32 Å². The van der Waals surface area contributed by atoms with Gasteiger partial charge in [0.1, 0.15) is 12.4 Å². The first-order valence-electron chi connectivity index (χ1n) is 10.3. The fraction of sp³-hybridized carbons (Fsp3) is 0.391. The molecule has 1 aliphatic rings. The first-order valence-corrected chi connectivity index (χ1v) is 10.3. The van der Waals surface area contributed by atoms with Gasteiger partial charge in [0.2, 0.25) is 5.91 Å². The van der Waals surface area contributed by atoms with Crippen molar-refractivity contribution < 1.29 is 4.79 Å². The molecule has 0 aliphatic heterocycles. The van der Waals surface area contributed by atoms with Crippen molar-refractivity contribution in [1.82, 2.24) is 14.5 Å². The highest BCUT2D eigenvalue weighted by molar-refractivity contribution is 5.94. The molecule has 29 heavy (non-hydrogen) atoms. The molecular formula is C23H26N4O2. The Morgan fingerprint density at radius 3 is 2.83 bits per heavy atom. The third-order valence-electron chi connectivity index (χ3n) is 5.94. The molecule has 0 fully saturated rings. The zero-order valence-corrected chi connectivity index (χ0v) is 17.2. The van der Waals surface area contributed by atoms with E-state index in [0.717, 1.165) is 53.8 Å². The van der Waals surface area contributed by atoms with Crippen LogP contribution in [0.1, 0.15) is 54.6 Å². The molecule has 4 rings (SSSR count). The minimum atomic E-state index is -0.629. The van der Waals surface area contributed by atoms with Crippen LogP contribution in [-0.2, 0) is 17.6 Å². The Morgan fingerprint density at radius 2 is 2.03 bits per heavy atom. The van der Waals surface area contributed by atoms with Gasteiger partial charge in [-0.05, 0) is 74.8 Å². The van der Waals surface area contributed by atoms with Crippen LogP contribution in [-0.4, -0.2) is 20.4 Å². The molecule has 0 saturated heterocycles. The number of rotatable bonds is 4. The average Bonchev–Trinajstić information content (AvgIpc) is 2.72. The van der Waals surface area contributed by atoms with E-state index in [1.807, 2.05) is 45.0 Å². The second-order valence-corrected chi connectivity index (χ2v) is 7.79. The molecule has 6 nitrogen and oxygen atoms in total. The Morgan fingerprint density at radius 1 is 1.24 bits per heavy atom. The summed E-state index contributed by atoms with van der Waals surface area (Å²) in [5.41, 5.74) is 5.34. The first kappa shape index (κ1) is 19.3. The molecule has 150 valence electrons. The highest BCUT2D eigenvalue weighted by Crippen LogP contribution is 2.23. The van der Waals surface area contributed by atoms with Gasteiger partial charge in [0.25, 0.3) is 5.56 Å². The van der Waals surface area contributed by atoms with Crippen molar-refractivity contribution in [3.05, 3.63) is 63.3 Å². The zero-order valence-electron chi connectivity index (χ0n) is 17.2. The van der Waals surface area contributed by atoms with E-state index in [1.54, 1.807) is 0 Å². The fourth-order valence-corrected chi connectivity index (χ4v) is 4.02. The van der Waals surface area contributed by atoms with Gasteiger partial charge in [-0.15, -0.1) is 0 Å². The van der Waals surface area contributed by atoms with Crippen molar-refractivity contribution in [2.24, 2.45) is 0 Å². The summed E-state index contributed by atoms with van der Waals surface area (Å²) >= 11 is 0. The summed E-state index contributed by atoms with van der Waals surface area (Å²) in [6.07, 6.45) is 6.07. The third kappa shape index (κ3) is 3.55. The molecule has 0 radical (unpaired) electrons. The maximum Gasteiger partial charge on any atom is 0.263 e. The topological polar surface area (TPSA) is 76.9 Å². The van der Waals surface area contributed by atoms with E-state index in [2.05, 4.69) is 15.3 Å². The normalized spacial score (nSPS) is 14.4. The maximum atomic E-state index is 13.2. The summed E-state index contributed by atoms with van der Waals surface area (Å²) in [5, 5.41) is 3.48. The standard InChI is InChI=1S/C23H26N4O2/c1-4-20(22(28)26-18-11-7-8-14(2)15(18)3)27-13-24-21-17(23(27)29)12-16-9-5-6-10-19(16)25-21/h7-8,11-13,20H,4-6,9-10H2,1-3H3,(H,26,28)/t20-/m0/s1. The number of fused-ring (bicyclic) bond motifs is 2. The molecule has 2 heterocycles. The number of nitrogens with zero attached hydrogens (tertiary/aromatic N) is 3. The molecule has 0 saturated carbocycles. The van der Waals surface area contributed by atoms with Crippen molar-refractivity contribution in [1.29, 1.82) is 0 Å². The van der Waals surface area contributed by atoms with E-state index in [-0.39, 0.29) is 11.5 Å². The number of anilines is 1. The van der Waals surface area contributed by atoms with Gasteiger partial charge in [-0.3, -0.25) is 14.2 Å². The average molecular weight is 390 g/mol. The van der Waals surface area contributed by atoms with Gasteiger partial charge in [-0.2, -0.15) is 0 Å². The second kappa shape index (κ2) is 7.78. The number of nitrogens with one attached hydrogen (secondary N) is 1. The monoisotopic (exact) mass is 390 g/mol. The van der Waals surface area contributed by atoms with Crippen molar-refractivity contribution in [3.8, 4) is 0 Å². The van der Waals surface area contributed by atoms with Crippen molar-refractivity contribution >= 4 is 22.6 Å². The Kier molecular flexibility index (Phi) is 5.18. The highest BCUT2D eigenvalue weighted by Gasteiger charge is 2.23. The van der Waals surface area contributed by atoms with Crippen molar-refractivity contribution in [2.45, 2.75) is 58.9 Å². The van der Waals surface area contributed by atoms with E-state index < -0.39 is 6.04 Å². The predicted octanol–water partition coefficient (Wildman–Crippen LogP) is 3.88. The van der Waals surface area contributed by atoms with Crippen molar-refractivity contribution in [3.63, 3.8) is 0 Å². The molecule has 0 bridgehead atoms. The summed E-state index contributed by atoms with van der Waals surface area (Å²) in [4.78, 5) is 35.2. The van der Waals surface area contributed by atoms with E-state index >= 15 is 0 Å². The minimum Gasteiger partial charge on any atom is -0.324 e. The van der Waals surface area contributed by atoms with Crippen LogP contribution >= 0.6 is 0 Å². The zero-order chi connectivity index (χ0) is 20.5. The minimum absolute atomic E-state index is 0.209.